The van der Waals surface area contributed by atoms with Gasteiger partial charge in [0.2, 0.25) is 0 Å². The molecule has 1 aliphatic carbocycles. The average molecular weight is 155 g/mol. The lowest BCUT2D eigenvalue weighted by molar-refractivity contribution is 0.0963. The van der Waals surface area contributed by atoms with Gasteiger partial charge in [-0.25, -0.2) is 0 Å². The van der Waals surface area contributed by atoms with E-state index in [0.29, 0.717) is 10.5 Å². The second-order valence-corrected chi connectivity index (χ2v) is 3.28. The van der Waals surface area contributed by atoms with Crippen molar-refractivity contribution in [3.63, 3.8) is 0 Å². The highest BCUT2D eigenvalue weighted by atomic mass is 28.2. The molecule has 3 heteroatoms. The first-order valence-corrected chi connectivity index (χ1v) is 4.61. The van der Waals surface area contributed by atoms with E-state index in [4.69, 9.17) is 9.69 Å². The number of nitrogens with zero attached hydrogens (tertiary/aromatic N) is 1. The van der Waals surface area contributed by atoms with Gasteiger partial charge in [0, 0.05) is 0 Å². The maximum Gasteiger partial charge on any atom is 0.148 e. The zero-order chi connectivity index (χ0) is 7.45. The third kappa shape index (κ3) is 1.39. The first-order chi connectivity index (χ1) is 4.83. The Morgan fingerprint density at radius 1 is 1.30 bits per heavy atom. The van der Waals surface area contributed by atoms with Gasteiger partial charge in [0.1, 0.15) is 16.1 Å². The minimum atomic E-state index is -0.371. The van der Waals surface area contributed by atoms with Crippen LogP contribution in [0.25, 0.3) is 0 Å². The maximum atomic E-state index is 8.79. The Morgan fingerprint density at radius 3 is 2.20 bits per heavy atom. The Labute approximate surface area is 64.7 Å². The van der Waals surface area contributed by atoms with Gasteiger partial charge in [0.15, 0.2) is 0 Å². The first kappa shape index (κ1) is 7.77. The molecule has 0 saturated heterocycles. The van der Waals surface area contributed by atoms with Gasteiger partial charge in [-0.2, -0.15) is 5.26 Å². The van der Waals surface area contributed by atoms with Crippen LogP contribution >= 0.6 is 0 Å². The van der Waals surface area contributed by atoms with Crippen molar-refractivity contribution in [1.29, 1.82) is 5.26 Å². The molecule has 0 N–H and O–H groups in total. The highest BCUT2D eigenvalue weighted by molar-refractivity contribution is 5.98. The van der Waals surface area contributed by atoms with Crippen molar-refractivity contribution in [2.45, 2.75) is 37.7 Å². The second-order valence-electron chi connectivity index (χ2n) is 2.87. The van der Waals surface area contributed by atoms with Crippen molar-refractivity contribution in [2.75, 3.05) is 0 Å². The number of nitriles is 1. The van der Waals surface area contributed by atoms with Crippen LogP contribution in [0.2, 0.25) is 0 Å². The molecule has 0 aliphatic heterocycles. The smallest absolute Gasteiger partial charge is 0.148 e. The summed E-state index contributed by atoms with van der Waals surface area (Å²) in [5.41, 5.74) is -0.371. The minimum Gasteiger partial charge on any atom is -0.411 e. The third-order valence-electron chi connectivity index (χ3n) is 2.26. The van der Waals surface area contributed by atoms with Crippen molar-refractivity contribution in [2.24, 2.45) is 0 Å². The topological polar surface area (TPSA) is 33.0 Å². The molecule has 0 aromatic rings. The summed E-state index contributed by atoms with van der Waals surface area (Å²) in [6.45, 7) is 0. The number of rotatable bonds is 1. The zero-order valence-electron chi connectivity index (χ0n) is 6.39. The number of hydrogen-bond donors (Lipinski definition) is 0. The predicted molar refractivity (Wildman–Crippen MR) is 42.5 cm³/mol. The fraction of sp³-hybridized carbons (Fsp3) is 0.857. The summed E-state index contributed by atoms with van der Waals surface area (Å²) < 4.78 is 5.31. The Morgan fingerprint density at radius 2 is 1.90 bits per heavy atom. The Kier molecular flexibility index (Phi) is 2.47. The van der Waals surface area contributed by atoms with Crippen molar-refractivity contribution < 1.29 is 4.43 Å². The van der Waals surface area contributed by atoms with Crippen LogP contribution in [0.15, 0.2) is 0 Å². The van der Waals surface area contributed by atoms with E-state index in [1.54, 1.807) is 0 Å². The van der Waals surface area contributed by atoms with E-state index in [0.717, 1.165) is 25.7 Å². The molecule has 0 spiro atoms. The molecule has 0 aromatic carbocycles. The normalized spacial score (nSPS) is 23.9. The van der Waals surface area contributed by atoms with Gasteiger partial charge in [-0.15, -0.1) is 0 Å². The molecule has 0 aromatic heterocycles. The average Bonchev–Trinajstić information content (AvgIpc) is 2.06. The van der Waals surface area contributed by atoms with Gasteiger partial charge in [-0.05, 0) is 25.7 Å². The van der Waals surface area contributed by atoms with E-state index in [1.807, 2.05) is 0 Å². The highest BCUT2D eigenvalue weighted by Crippen LogP contribution is 2.29. The zero-order valence-corrected chi connectivity index (χ0v) is 8.39. The van der Waals surface area contributed by atoms with Crippen LogP contribution in [-0.4, -0.2) is 16.1 Å². The van der Waals surface area contributed by atoms with Gasteiger partial charge >= 0.3 is 0 Å². The molecule has 2 nitrogen and oxygen atoms in total. The Balaban J connectivity index is 2.55. The van der Waals surface area contributed by atoms with Crippen LogP contribution in [0.5, 0.6) is 0 Å². The molecule has 1 aliphatic rings. The fourth-order valence-corrected chi connectivity index (χ4v) is 1.98. The van der Waals surface area contributed by atoms with Crippen LogP contribution in [0, 0.1) is 11.3 Å². The van der Waals surface area contributed by atoms with E-state index < -0.39 is 0 Å². The molecule has 0 bridgehead atoms. The fourth-order valence-electron chi connectivity index (χ4n) is 1.48. The lowest BCUT2D eigenvalue weighted by Gasteiger charge is -2.29. The lowest BCUT2D eigenvalue weighted by Crippen LogP contribution is -2.32. The van der Waals surface area contributed by atoms with Crippen LogP contribution in [0.4, 0.5) is 0 Å². The van der Waals surface area contributed by atoms with Gasteiger partial charge in [0.05, 0.1) is 6.07 Å². The summed E-state index contributed by atoms with van der Waals surface area (Å²) in [6.07, 6.45) is 5.50. The van der Waals surface area contributed by atoms with Crippen LogP contribution in [0.3, 0.4) is 0 Å². The van der Waals surface area contributed by atoms with Crippen molar-refractivity contribution in [3.05, 3.63) is 0 Å². The van der Waals surface area contributed by atoms with E-state index in [-0.39, 0.29) is 5.60 Å². The molecule has 1 saturated carbocycles. The molecule has 0 heterocycles. The Bertz CT molecular complexity index is 146. The molecule has 0 amide bonds. The standard InChI is InChI=1S/C7H13NOSi/c8-6-7(9-10)4-2-1-3-5-7/h1-5H2,10H3. The quantitative estimate of drug-likeness (QED) is 0.517. The van der Waals surface area contributed by atoms with Gasteiger partial charge < -0.3 is 4.43 Å². The molecule has 0 unspecified atom stereocenters. The van der Waals surface area contributed by atoms with Gasteiger partial charge in [0.25, 0.3) is 0 Å². The summed E-state index contributed by atoms with van der Waals surface area (Å²) in [5, 5.41) is 8.79. The SMILES string of the molecule is N#CC1(O[SiH3])CCCCC1. The summed E-state index contributed by atoms with van der Waals surface area (Å²) in [7, 11) is 0.691. The molecule has 10 heavy (non-hydrogen) atoms. The largest absolute Gasteiger partial charge is 0.411 e. The molecule has 0 radical (unpaired) electrons. The minimum absolute atomic E-state index is 0.371. The van der Waals surface area contributed by atoms with Crippen molar-refractivity contribution in [3.8, 4) is 6.07 Å². The molecular weight excluding hydrogens is 142 g/mol. The third-order valence-corrected chi connectivity index (χ3v) is 3.04. The molecular formula is C7H13NOSi. The van der Waals surface area contributed by atoms with E-state index >= 15 is 0 Å². The molecule has 1 fully saturated rings. The highest BCUT2D eigenvalue weighted by Gasteiger charge is 2.30. The van der Waals surface area contributed by atoms with Crippen molar-refractivity contribution in [1.82, 2.24) is 0 Å². The van der Waals surface area contributed by atoms with Crippen molar-refractivity contribution >= 4 is 10.5 Å². The predicted octanol–water partition coefficient (Wildman–Crippen LogP) is 0.510. The summed E-state index contributed by atoms with van der Waals surface area (Å²) >= 11 is 0. The summed E-state index contributed by atoms with van der Waals surface area (Å²) in [4.78, 5) is 0. The molecule has 0 atom stereocenters. The number of hydrogen-bond acceptors (Lipinski definition) is 2. The molecule has 56 valence electrons. The lowest BCUT2D eigenvalue weighted by atomic mass is 9.86. The van der Waals surface area contributed by atoms with E-state index in [2.05, 4.69) is 6.07 Å². The Hall–Kier alpha value is -0.333. The van der Waals surface area contributed by atoms with Gasteiger partial charge in [-0.3, -0.25) is 0 Å². The van der Waals surface area contributed by atoms with Crippen LogP contribution in [-0.2, 0) is 4.43 Å². The van der Waals surface area contributed by atoms with Crippen LogP contribution < -0.4 is 0 Å². The second kappa shape index (κ2) is 3.18. The van der Waals surface area contributed by atoms with Gasteiger partial charge in [-0.1, -0.05) is 6.42 Å². The van der Waals surface area contributed by atoms with E-state index in [9.17, 15) is 0 Å². The first-order valence-electron chi connectivity index (χ1n) is 3.79. The maximum absolute atomic E-state index is 8.79. The summed E-state index contributed by atoms with van der Waals surface area (Å²) in [5.74, 6) is 0. The summed E-state index contributed by atoms with van der Waals surface area (Å²) in [6, 6.07) is 2.28. The van der Waals surface area contributed by atoms with Crippen LogP contribution in [0.1, 0.15) is 32.1 Å². The van der Waals surface area contributed by atoms with E-state index in [1.165, 1.54) is 6.42 Å². The monoisotopic (exact) mass is 155 g/mol. The molecule has 1 rings (SSSR count).